The lowest BCUT2D eigenvalue weighted by Crippen LogP contribution is -1.96. The first-order valence-corrected chi connectivity index (χ1v) is 7.97. The second-order valence-electron chi connectivity index (χ2n) is 5.60. The summed E-state index contributed by atoms with van der Waals surface area (Å²) in [6.07, 6.45) is 2.78. The molecule has 0 spiro atoms. The molecule has 138 valence electrons. The number of hydrogen-bond donors (Lipinski definition) is 1. The molecule has 1 N–H and O–H groups in total. The lowest BCUT2D eigenvalue weighted by atomic mass is 10.1. The lowest BCUT2D eigenvalue weighted by Gasteiger charge is -2.08. The van der Waals surface area contributed by atoms with Crippen LogP contribution in [0.4, 0.5) is 8.78 Å². The zero-order valence-electron chi connectivity index (χ0n) is 14.6. The monoisotopic (exact) mass is 370 g/mol. The first kappa shape index (κ1) is 18.3. The highest BCUT2D eigenvalue weighted by Crippen LogP contribution is 2.31. The first-order valence-electron chi connectivity index (χ1n) is 7.97. The molecule has 0 saturated carbocycles. The Balaban J connectivity index is 1.78. The number of H-pyrrole nitrogens is 1. The predicted octanol–water partition coefficient (Wildman–Crippen LogP) is 4.27. The first-order chi connectivity index (χ1) is 13.0. The predicted molar refractivity (Wildman–Crippen MR) is 96.9 cm³/mol. The molecule has 0 radical (unpaired) electrons. The van der Waals surface area contributed by atoms with E-state index in [1.54, 1.807) is 32.4 Å². The Morgan fingerprint density at radius 3 is 2.48 bits per heavy atom. The van der Waals surface area contributed by atoms with Crippen LogP contribution >= 0.6 is 0 Å². The Bertz CT molecular complexity index is 1010. The van der Waals surface area contributed by atoms with Crippen LogP contribution in [0.5, 0.6) is 11.5 Å². The third kappa shape index (κ3) is 4.03. The molecule has 3 rings (SSSR count). The molecule has 3 aromatic rings. The van der Waals surface area contributed by atoms with Crippen molar-refractivity contribution in [1.29, 1.82) is 0 Å². The summed E-state index contributed by atoms with van der Waals surface area (Å²) in [6, 6.07) is 10.1. The van der Waals surface area contributed by atoms with Crippen molar-refractivity contribution < 1.29 is 23.0 Å². The molecule has 0 atom stereocenters. The minimum Gasteiger partial charge on any atom is -0.493 e. The van der Waals surface area contributed by atoms with Crippen LogP contribution in [0, 0.1) is 11.6 Å². The molecule has 0 fully saturated rings. The van der Waals surface area contributed by atoms with Crippen molar-refractivity contribution in [1.82, 2.24) is 10.2 Å². The molecule has 1 heterocycles. The summed E-state index contributed by atoms with van der Waals surface area (Å²) < 4.78 is 36.6. The quantitative estimate of drug-likeness (QED) is 0.520. The van der Waals surface area contributed by atoms with E-state index < -0.39 is 17.4 Å². The fourth-order valence-electron chi connectivity index (χ4n) is 2.48. The van der Waals surface area contributed by atoms with Crippen molar-refractivity contribution in [3.05, 3.63) is 71.4 Å². The number of halogens is 2. The summed E-state index contributed by atoms with van der Waals surface area (Å²) in [5, 5.41) is 7.00. The summed E-state index contributed by atoms with van der Waals surface area (Å²) >= 11 is 0. The highest BCUT2D eigenvalue weighted by atomic mass is 19.2. The number of rotatable bonds is 6. The van der Waals surface area contributed by atoms with Gasteiger partial charge in [0.2, 0.25) is 0 Å². The van der Waals surface area contributed by atoms with E-state index in [1.807, 2.05) is 6.07 Å². The van der Waals surface area contributed by atoms with Gasteiger partial charge in [-0.15, -0.1) is 0 Å². The van der Waals surface area contributed by atoms with Crippen LogP contribution in [0.25, 0.3) is 17.3 Å². The van der Waals surface area contributed by atoms with Crippen molar-refractivity contribution in [3.63, 3.8) is 0 Å². The second-order valence-corrected chi connectivity index (χ2v) is 5.60. The minimum absolute atomic E-state index is 0.0600. The highest BCUT2D eigenvalue weighted by molar-refractivity contribution is 6.06. The average molecular weight is 370 g/mol. The molecule has 0 saturated heterocycles. The molecule has 7 heteroatoms. The number of nitrogens with zero attached hydrogens (tertiary/aromatic N) is 1. The Kier molecular flexibility index (Phi) is 5.30. The van der Waals surface area contributed by atoms with Crippen LogP contribution in [0.2, 0.25) is 0 Å². The molecule has 2 aromatic carbocycles. The van der Waals surface area contributed by atoms with E-state index in [4.69, 9.17) is 9.47 Å². The SMILES string of the molecule is COc1ccc(-c2cc(C=CC(=O)c3ccc(F)c(F)c3)[nH]n2)cc1OC. The molecule has 27 heavy (non-hydrogen) atoms. The van der Waals surface area contributed by atoms with Gasteiger partial charge in [0, 0.05) is 11.1 Å². The average Bonchev–Trinajstić information content (AvgIpc) is 3.16. The van der Waals surface area contributed by atoms with Gasteiger partial charge in [0.1, 0.15) is 0 Å². The molecule has 0 aliphatic carbocycles. The number of aromatic nitrogens is 2. The Labute approximate surface area is 154 Å². The Hall–Kier alpha value is -3.48. The number of carbonyl (C=O) groups is 1. The van der Waals surface area contributed by atoms with Gasteiger partial charge in [-0.25, -0.2) is 8.78 Å². The normalized spacial score (nSPS) is 11.0. The summed E-state index contributed by atoms with van der Waals surface area (Å²) in [4.78, 5) is 12.1. The topological polar surface area (TPSA) is 64.2 Å². The fourth-order valence-corrected chi connectivity index (χ4v) is 2.48. The van der Waals surface area contributed by atoms with Crippen molar-refractivity contribution in [2.75, 3.05) is 14.2 Å². The van der Waals surface area contributed by atoms with Crippen molar-refractivity contribution >= 4 is 11.9 Å². The van der Waals surface area contributed by atoms with Gasteiger partial charge in [-0.2, -0.15) is 5.10 Å². The van der Waals surface area contributed by atoms with E-state index in [9.17, 15) is 13.6 Å². The molecule has 0 aliphatic heterocycles. The summed E-state index contributed by atoms with van der Waals surface area (Å²) in [5.41, 5.74) is 2.09. The Morgan fingerprint density at radius 2 is 1.78 bits per heavy atom. The number of benzene rings is 2. The van der Waals surface area contributed by atoms with E-state index in [1.165, 1.54) is 18.2 Å². The number of ether oxygens (including phenoxy) is 2. The Morgan fingerprint density at radius 1 is 1.00 bits per heavy atom. The summed E-state index contributed by atoms with van der Waals surface area (Å²) in [5.74, 6) is -1.33. The van der Waals surface area contributed by atoms with Crippen molar-refractivity contribution in [3.8, 4) is 22.8 Å². The number of ketones is 1. The van der Waals surface area contributed by atoms with Crippen LogP contribution in [-0.4, -0.2) is 30.2 Å². The van der Waals surface area contributed by atoms with E-state index >= 15 is 0 Å². The molecular formula is C20H16F2N2O3. The van der Waals surface area contributed by atoms with Crippen LogP contribution < -0.4 is 9.47 Å². The van der Waals surface area contributed by atoms with Gasteiger partial charge in [-0.05, 0) is 54.6 Å². The van der Waals surface area contributed by atoms with Crippen LogP contribution in [0.15, 0.2) is 48.5 Å². The van der Waals surface area contributed by atoms with Crippen LogP contribution in [0.1, 0.15) is 16.1 Å². The summed E-state index contributed by atoms with van der Waals surface area (Å²) in [6.45, 7) is 0. The highest BCUT2D eigenvalue weighted by Gasteiger charge is 2.10. The zero-order valence-corrected chi connectivity index (χ0v) is 14.6. The molecule has 5 nitrogen and oxygen atoms in total. The molecular weight excluding hydrogens is 354 g/mol. The second kappa shape index (κ2) is 7.82. The number of nitrogens with one attached hydrogen (secondary N) is 1. The van der Waals surface area contributed by atoms with Crippen LogP contribution in [0.3, 0.4) is 0 Å². The van der Waals surface area contributed by atoms with Gasteiger partial charge in [0.25, 0.3) is 0 Å². The van der Waals surface area contributed by atoms with E-state index in [2.05, 4.69) is 10.2 Å². The summed E-state index contributed by atoms with van der Waals surface area (Å²) in [7, 11) is 3.10. The van der Waals surface area contributed by atoms with E-state index in [0.717, 1.165) is 17.7 Å². The molecule has 0 unspecified atom stereocenters. The maximum Gasteiger partial charge on any atom is 0.186 e. The van der Waals surface area contributed by atoms with Gasteiger partial charge < -0.3 is 9.47 Å². The van der Waals surface area contributed by atoms with Gasteiger partial charge in [-0.1, -0.05) is 0 Å². The van der Waals surface area contributed by atoms with Gasteiger partial charge in [-0.3, -0.25) is 9.89 Å². The van der Waals surface area contributed by atoms with Crippen molar-refractivity contribution in [2.45, 2.75) is 0 Å². The molecule has 0 bridgehead atoms. The third-order valence-electron chi connectivity index (χ3n) is 3.90. The molecule has 0 aliphatic rings. The standard InChI is InChI=1S/C20H16F2N2O3/c1-26-19-8-4-12(10-20(19)27-2)17-11-14(23-24-17)5-7-18(25)13-3-6-15(21)16(22)9-13/h3-11H,1-2H3,(H,23,24). The van der Waals surface area contributed by atoms with Gasteiger partial charge >= 0.3 is 0 Å². The number of carbonyl (C=O) groups excluding carboxylic acids is 1. The molecule has 1 aromatic heterocycles. The van der Waals surface area contributed by atoms with Crippen LogP contribution in [-0.2, 0) is 0 Å². The van der Waals surface area contributed by atoms with Crippen molar-refractivity contribution in [2.24, 2.45) is 0 Å². The van der Waals surface area contributed by atoms with Gasteiger partial charge in [0.05, 0.1) is 25.6 Å². The van der Waals surface area contributed by atoms with E-state index in [-0.39, 0.29) is 5.56 Å². The number of aromatic amines is 1. The lowest BCUT2D eigenvalue weighted by molar-refractivity contribution is 0.104. The van der Waals surface area contributed by atoms with E-state index in [0.29, 0.717) is 22.9 Å². The minimum atomic E-state index is -1.06. The smallest absolute Gasteiger partial charge is 0.186 e. The maximum absolute atomic E-state index is 13.2. The number of allylic oxidation sites excluding steroid dienone is 1. The third-order valence-corrected chi connectivity index (χ3v) is 3.90. The maximum atomic E-state index is 13.2. The largest absolute Gasteiger partial charge is 0.493 e. The number of hydrogen-bond acceptors (Lipinski definition) is 4. The van der Waals surface area contributed by atoms with Gasteiger partial charge in [0.15, 0.2) is 28.9 Å². The number of methoxy groups -OCH3 is 2. The zero-order chi connectivity index (χ0) is 19.4. The fraction of sp³-hybridized carbons (Fsp3) is 0.100. The molecule has 0 amide bonds.